The van der Waals surface area contributed by atoms with Crippen molar-refractivity contribution >= 4 is 11.9 Å². The summed E-state index contributed by atoms with van der Waals surface area (Å²) in [5.74, 6) is 0.737. The van der Waals surface area contributed by atoms with Crippen LogP contribution in [0.15, 0.2) is 24.3 Å². The van der Waals surface area contributed by atoms with Gasteiger partial charge in [-0.05, 0) is 38.1 Å². The molecule has 0 aliphatic carbocycles. The topological polar surface area (TPSA) is 74.4 Å². The molecule has 1 aromatic rings. The van der Waals surface area contributed by atoms with Gasteiger partial charge in [0.25, 0.3) is 5.91 Å². The van der Waals surface area contributed by atoms with Gasteiger partial charge >= 0.3 is 6.03 Å². The van der Waals surface area contributed by atoms with Gasteiger partial charge in [-0.25, -0.2) is 4.79 Å². The second-order valence-corrected chi connectivity index (χ2v) is 7.45. The van der Waals surface area contributed by atoms with Gasteiger partial charge in [-0.2, -0.15) is 0 Å². The number of rotatable bonds is 5. The summed E-state index contributed by atoms with van der Waals surface area (Å²) in [6, 6.07) is 7.29. The van der Waals surface area contributed by atoms with Crippen molar-refractivity contribution in [3.8, 4) is 5.75 Å². The summed E-state index contributed by atoms with van der Waals surface area (Å²) in [5.41, 5.74) is 0.658. The lowest BCUT2D eigenvalue weighted by atomic mass is 10.2. The lowest BCUT2D eigenvalue weighted by Gasteiger charge is -2.35. The molecule has 2 fully saturated rings. The number of benzene rings is 1. The number of nitrogens with one attached hydrogen (secondary N) is 1. The second-order valence-electron chi connectivity index (χ2n) is 7.45. The molecular formula is C21H32N4O4. The van der Waals surface area contributed by atoms with Crippen LogP contribution in [0.1, 0.15) is 23.7 Å². The predicted octanol–water partition coefficient (Wildman–Crippen LogP) is 1.27. The number of morpholine rings is 1. The highest BCUT2D eigenvalue weighted by molar-refractivity contribution is 5.94. The normalized spacial score (nSPS) is 20.8. The fourth-order valence-electron chi connectivity index (χ4n) is 3.86. The van der Waals surface area contributed by atoms with E-state index in [0.29, 0.717) is 44.1 Å². The maximum Gasteiger partial charge on any atom is 0.317 e. The van der Waals surface area contributed by atoms with Crippen molar-refractivity contribution < 1.29 is 19.1 Å². The number of ether oxygens (including phenoxy) is 2. The molecule has 160 valence electrons. The molecule has 0 saturated carbocycles. The highest BCUT2D eigenvalue weighted by Gasteiger charge is 2.27. The number of nitrogens with zero attached hydrogens (tertiary/aromatic N) is 3. The number of carbonyl (C=O) groups is 2. The van der Waals surface area contributed by atoms with E-state index in [9.17, 15) is 9.59 Å². The number of urea groups is 1. The van der Waals surface area contributed by atoms with Crippen LogP contribution in [0.5, 0.6) is 5.75 Å². The molecule has 2 heterocycles. The molecule has 2 saturated heterocycles. The Morgan fingerprint density at radius 1 is 1.17 bits per heavy atom. The lowest BCUT2D eigenvalue weighted by Crippen LogP contribution is -2.52. The van der Waals surface area contributed by atoms with Crippen molar-refractivity contribution in [2.75, 3.05) is 66.1 Å². The van der Waals surface area contributed by atoms with Crippen molar-refractivity contribution in [1.82, 2.24) is 20.0 Å². The van der Waals surface area contributed by atoms with Crippen LogP contribution in [-0.2, 0) is 4.74 Å². The van der Waals surface area contributed by atoms with E-state index in [4.69, 9.17) is 9.47 Å². The predicted molar refractivity (Wildman–Crippen MR) is 110 cm³/mol. The Hall–Kier alpha value is -2.32. The van der Waals surface area contributed by atoms with Gasteiger partial charge in [-0.15, -0.1) is 0 Å². The summed E-state index contributed by atoms with van der Waals surface area (Å²) < 4.78 is 11.1. The summed E-state index contributed by atoms with van der Waals surface area (Å²) in [6.07, 6.45) is 0.926. The maximum atomic E-state index is 12.9. The summed E-state index contributed by atoms with van der Waals surface area (Å²) in [5, 5.41) is 2.86. The first-order valence-electron chi connectivity index (χ1n) is 10.4. The highest BCUT2D eigenvalue weighted by atomic mass is 16.5. The highest BCUT2D eigenvalue weighted by Crippen LogP contribution is 2.16. The maximum absolute atomic E-state index is 12.9. The fourth-order valence-corrected chi connectivity index (χ4v) is 3.86. The van der Waals surface area contributed by atoms with Gasteiger partial charge < -0.3 is 24.6 Å². The van der Waals surface area contributed by atoms with Crippen LogP contribution in [0.25, 0.3) is 0 Å². The number of amides is 3. The molecule has 1 aromatic carbocycles. The third kappa shape index (κ3) is 5.83. The van der Waals surface area contributed by atoms with Crippen LogP contribution in [0.2, 0.25) is 0 Å². The van der Waals surface area contributed by atoms with E-state index in [1.54, 1.807) is 13.2 Å². The lowest BCUT2D eigenvalue weighted by molar-refractivity contribution is -0.0298. The van der Waals surface area contributed by atoms with Crippen molar-refractivity contribution in [2.24, 2.45) is 0 Å². The van der Waals surface area contributed by atoms with Gasteiger partial charge in [0.2, 0.25) is 0 Å². The van der Waals surface area contributed by atoms with Crippen LogP contribution in [-0.4, -0.2) is 98.8 Å². The molecule has 2 aliphatic heterocycles. The molecule has 0 spiro atoms. The second kappa shape index (κ2) is 10.5. The molecule has 0 aromatic heterocycles. The Balaban J connectivity index is 1.51. The quantitative estimate of drug-likeness (QED) is 0.800. The van der Waals surface area contributed by atoms with E-state index in [1.165, 1.54) is 0 Å². The molecule has 1 N–H and O–H groups in total. The third-order valence-electron chi connectivity index (χ3n) is 5.41. The van der Waals surface area contributed by atoms with Gasteiger partial charge in [0.05, 0.1) is 19.8 Å². The standard InChI is InChI=1S/C21H32N4O4/c1-3-22-21(27)25-12-13-29-19(16-25)15-23-8-5-9-24(11-10-23)20(26)17-6-4-7-18(14-17)28-2/h4,6-7,14,19H,3,5,8-13,15-16H2,1-2H3,(H,22,27)/t19-/m1/s1. The zero-order valence-electron chi connectivity index (χ0n) is 17.4. The van der Waals surface area contributed by atoms with Gasteiger partial charge in [0, 0.05) is 51.4 Å². The number of hydrogen-bond acceptors (Lipinski definition) is 5. The summed E-state index contributed by atoms with van der Waals surface area (Å²) in [7, 11) is 1.60. The van der Waals surface area contributed by atoms with Crippen LogP contribution < -0.4 is 10.1 Å². The van der Waals surface area contributed by atoms with Gasteiger partial charge in [-0.1, -0.05) is 6.07 Å². The van der Waals surface area contributed by atoms with Gasteiger partial charge in [0.15, 0.2) is 0 Å². The van der Waals surface area contributed by atoms with Crippen molar-refractivity contribution in [1.29, 1.82) is 0 Å². The third-order valence-corrected chi connectivity index (χ3v) is 5.41. The summed E-state index contributed by atoms with van der Waals surface area (Å²) in [6.45, 7) is 8.27. The number of carbonyl (C=O) groups excluding carboxylic acids is 2. The average Bonchev–Trinajstić information content (AvgIpc) is 2.99. The van der Waals surface area contributed by atoms with Crippen LogP contribution in [0.4, 0.5) is 4.79 Å². The van der Waals surface area contributed by atoms with Crippen molar-refractivity contribution in [3.63, 3.8) is 0 Å². The van der Waals surface area contributed by atoms with E-state index in [1.807, 2.05) is 34.9 Å². The minimum atomic E-state index is -0.0215. The molecule has 29 heavy (non-hydrogen) atoms. The number of methoxy groups -OCH3 is 1. The molecule has 1 atom stereocenters. The molecule has 8 nitrogen and oxygen atoms in total. The first-order chi connectivity index (χ1) is 14.1. The molecule has 3 rings (SSSR count). The summed E-state index contributed by atoms with van der Waals surface area (Å²) in [4.78, 5) is 31.0. The average molecular weight is 405 g/mol. The first-order valence-corrected chi connectivity index (χ1v) is 10.4. The van der Waals surface area contributed by atoms with Gasteiger partial charge in [0.1, 0.15) is 5.75 Å². The Morgan fingerprint density at radius 2 is 2.03 bits per heavy atom. The molecule has 8 heteroatoms. The van der Waals surface area contributed by atoms with Crippen LogP contribution in [0.3, 0.4) is 0 Å². The van der Waals surface area contributed by atoms with E-state index < -0.39 is 0 Å². The van der Waals surface area contributed by atoms with Crippen molar-refractivity contribution in [2.45, 2.75) is 19.4 Å². The Labute approximate surface area is 172 Å². The molecule has 0 bridgehead atoms. The Bertz CT molecular complexity index is 699. The molecule has 0 unspecified atom stereocenters. The van der Waals surface area contributed by atoms with Crippen LogP contribution >= 0.6 is 0 Å². The fraction of sp³-hybridized carbons (Fsp3) is 0.619. The van der Waals surface area contributed by atoms with E-state index in [2.05, 4.69) is 10.2 Å². The van der Waals surface area contributed by atoms with E-state index >= 15 is 0 Å². The van der Waals surface area contributed by atoms with Crippen LogP contribution in [0, 0.1) is 0 Å². The smallest absolute Gasteiger partial charge is 0.317 e. The molecular weight excluding hydrogens is 372 g/mol. The monoisotopic (exact) mass is 404 g/mol. The van der Waals surface area contributed by atoms with Gasteiger partial charge in [-0.3, -0.25) is 9.69 Å². The zero-order chi connectivity index (χ0) is 20.6. The zero-order valence-corrected chi connectivity index (χ0v) is 17.4. The minimum Gasteiger partial charge on any atom is -0.497 e. The van der Waals surface area contributed by atoms with E-state index in [-0.39, 0.29) is 18.0 Å². The van der Waals surface area contributed by atoms with E-state index in [0.717, 1.165) is 32.6 Å². The molecule has 3 amide bonds. The van der Waals surface area contributed by atoms with Crippen molar-refractivity contribution in [3.05, 3.63) is 29.8 Å². The Morgan fingerprint density at radius 3 is 2.83 bits per heavy atom. The summed E-state index contributed by atoms with van der Waals surface area (Å²) >= 11 is 0. The SMILES string of the molecule is CCNC(=O)N1CCO[C@H](CN2CCCN(C(=O)c3cccc(OC)c3)CC2)C1. The first kappa shape index (κ1) is 21.4. The molecule has 2 aliphatic rings. The number of hydrogen-bond donors (Lipinski definition) is 1. The molecule has 0 radical (unpaired) electrons. The Kier molecular flexibility index (Phi) is 7.71. The largest absolute Gasteiger partial charge is 0.497 e. The minimum absolute atomic E-state index is 0.00647.